The van der Waals surface area contributed by atoms with E-state index >= 15 is 0 Å². The Balaban J connectivity index is 1.49. The number of nitrogens with two attached hydrogens (primary N) is 1. The molecule has 0 bridgehead atoms. The first-order chi connectivity index (χ1) is 14.5. The minimum absolute atomic E-state index is 0.198. The summed E-state index contributed by atoms with van der Waals surface area (Å²) in [5.41, 5.74) is 7.68. The number of ether oxygens (including phenoxy) is 1. The number of fused-ring (bicyclic) bond motifs is 1. The van der Waals surface area contributed by atoms with Gasteiger partial charge in [0.2, 0.25) is 5.95 Å². The van der Waals surface area contributed by atoms with Crippen molar-refractivity contribution in [3.63, 3.8) is 0 Å². The van der Waals surface area contributed by atoms with Gasteiger partial charge in [0.05, 0.1) is 5.52 Å². The Morgan fingerprint density at radius 2 is 1.83 bits per heavy atom. The van der Waals surface area contributed by atoms with E-state index in [2.05, 4.69) is 20.3 Å². The molecule has 2 aromatic carbocycles. The van der Waals surface area contributed by atoms with Crippen LogP contribution >= 0.6 is 23.2 Å². The number of nitrogens with one attached hydrogen (secondary N) is 1. The highest BCUT2D eigenvalue weighted by Crippen LogP contribution is 2.25. The van der Waals surface area contributed by atoms with Gasteiger partial charge in [-0.25, -0.2) is 9.97 Å². The first-order valence-electron chi connectivity index (χ1n) is 8.84. The van der Waals surface area contributed by atoms with E-state index in [1.807, 2.05) is 18.2 Å². The number of primary amides is 1. The Bertz CT molecular complexity index is 1230. The number of rotatable bonds is 6. The molecule has 9 heteroatoms. The molecule has 4 aromatic rings. The number of nitrogens with zero attached hydrogens (tertiary/aromatic N) is 3. The highest BCUT2D eigenvalue weighted by molar-refractivity contribution is 6.35. The smallest absolute Gasteiger partial charge is 0.267 e. The Labute approximate surface area is 181 Å². The lowest BCUT2D eigenvalue weighted by atomic mass is 10.2. The molecule has 0 aliphatic carbocycles. The van der Waals surface area contributed by atoms with Crippen molar-refractivity contribution in [2.24, 2.45) is 5.73 Å². The van der Waals surface area contributed by atoms with Crippen LogP contribution in [0.3, 0.4) is 0 Å². The third-order valence-electron chi connectivity index (χ3n) is 4.15. The van der Waals surface area contributed by atoms with E-state index in [9.17, 15) is 4.79 Å². The van der Waals surface area contributed by atoms with Crippen molar-refractivity contribution < 1.29 is 9.53 Å². The predicted octanol–water partition coefficient (Wildman–Crippen LogP) is 4.75. The van der Waals surface area contributed by atoms with E-state index in [4.69, 9.17) is 33.7 Å². The fraction of sp³-hybridized carbons (Fsp3) is 0.0476. The van der Waals surface area contributed by atoms with Crippen molar-refractivity contribution in [2.75, 3.05) is 5.32 Å². The molecule has 150 valence electrons. The van der Waals surface area contributed by atoms with Crippen molar-refractivity contribution in [1.29, 1.82) is 0 Å². The van der Waals surface area contributed by atoms with Crippen LogP contribution in [-0.2, 0) is 6.61 Å². The zero-order valence-electron chi connectivity index (χ0n) is 15.5. The van der Waals surface area contributed by atoms with E-state index in [-0.39, 0.29) is 12.3 Å². The number of halogens is 2. The molecule has 0 fully saturated rings. The molecule has 0 saturated heterocycles. The third kappa shape index (κ3) is 4.76. The van der Waals surface area contributed by atoms with Crippen LogP contribution in [0.1, 0.15) is 16.1 Å². The second-order valence-corrected chi connectivity index (χ2v) is 7.27. The maximum Gasteiger partial charge on any atom is 0.267 e. The highest BCUT2D eigenvalue weighted by Gasteiger charge is 2.06. The highest BCUT2D eigenvalue weighted by atomic mass is 35.5. The lowest BCUT2D eigenvalue weighted by Crippen LogP contribution is -2.13. The van der Waals surface area contributed by atoms with Gasteiger partial charge in [-0.1, -0.05) is 23.2 Å². The third-order valence-corrected chi connectivity index (χ3v) is 4.59. The molecule has 0 aliphatic heterocycles. The summed E-state index contributed by atoms with van der Waals surface area (Å²) in [4.78, 5) is 24.0. The molecule has 7 nitrogen and oxygen atoms in total. The van der Waals surface area contributed by atoms with Crippen molar-refractivity contribution >= 4 is 51.6 Å². The number of carbonyl (C=O) groups excluding carboxylic acids is 1. The molecular weight excluding hydrogens is 425 g/mol. The Morgan fingerprint density at radius 3 is 2.60 bits per heavy atom. The Kier molecular flexibility index (Phi) is 5.65. The summed E-state index contributed by atoms with van der Waals surface area (Å²) in [6.07, 6.45) is 3.22. The standard InChI is InChI=1S/C21H15Cl2N5O2/c22-14-7-15(23)9-16(8-14)27-21-26-10-13-6-17(1-2-18(13)28-21)30-11-12-3-4-25-19(5-12)20(24)29/h1-10H,11H2,(H2,24,29)(H,26,27,28). The van der Waals surface area contributed by atoms with Crippen LogP contribution in [0.4, 0.5) is 11.6 Å². The van der Waals surface area contributed by atoms with Gasteiger partial charge < -0.3 is 15.8 Å². The van der Waals surface area contributed by atoms with E-state index in [0.717, 1.165) is 16.5 Å². The number of amides is 1. The fourth-order valence-electron chi connectivity index (χ4n) is 2.78. The Hall–Kier alpha value is -3.42. The van der Waals surface area contributed by atoms with E-state index in [1.54, 1.807) is 36.5 Å². The molecule has 3 N–H and O–H groups in total. The summed E-state index contributed by atoms with van der Waals surface area (Å²) in [7, 11) is 0. The number of hydrogen-bond acceptors (Lipinski definition) is 6. The number of anilines is 2. The maximum atomic E-state index is 11.2. The maximum absolute atomic E-state index is 11.2. The summed E-state index contributed by atoms with van der Waals surface area (Å²) in [5, 5.41) is 4.94. The van der Waals surface area contributed by atoms with Crippen molar-refractivity contribution in [3.8, 4) is 5.75 Å². The average Bonchev–Trinajstić information content (AvgIpc) is 2.71. The van der Waals surface area contributed by atoms with Crippen molar-refractivity contribution in [2.45, 2.75) is 6.61 Å². The molecule has 0 saturated carbocycles. The first kappa shape index (κ1) is 19.9. The van der Waals surface area contributed by atoms with Crippen LogP contribution < -0.4 is 15.8 Å². The van der Waals surface area contributed by atoms with Crippen LogP contribution in [0.15, 0.2) is 60.9 Å². The first-order valence-corrected chi connectivity index (χ1v) is 9.59. The van der Waals surface area contributed by atoms with Gasteiger partial charge >= 0.3 is 0 Å². The van der Waals surface area contributed by atoms with E-state index in [1.165, 1.54) is 6.20 Å². The lowest BCUT2D eigenvalue weighted by Gasteiger charge is -2.09. The molecule has 0 aliphatic rings. The van der Waals surface area contributed by atoms with Gasteiger partial charge in [-0.2, -0.15) is 0 Å². The molecule has 4 rings (SSSR count). The van der Waals surface area contributed by atoms with Crippen molar-refractivity contribution in [3.05, 3.63) is 82.2 Å². The van der Waals surface area contributed by atoms with Gasteiger partial charge in [-0.05, 0) is 54.1 Å². The van der Waals surface area contributed by atoms with Gasteiger partial charge in [0, 0.05) is 33.5 Å². The second kappa shape index (κ2) is 8.52. The molecule has 2 heterocycles. The fourth-order valence-corrected chi connectivity index (χ4v) is 3.31. The molecule has 1 amide bonds. The number of carbonyl (C=O) groups is 1. The van der Waals surface area contributed by atoms with Gasteiger partial charge in [0.25, 0.3) is 5.91 Å². The SMILES string of the molecule is NC(=O)c1cc(COc2ccc3nc(Nc4cc(Cl)cc(Cl)c4)ncc3c2)ccn1. The second-order valence-electron chi connectivity index (χ2n) is 6.40. The molecule has 0 spiro atoms. The number of pyridine rings is 1. The van der Waals surface area contributed by atoms with Gasteiger partial charge in [-0.15, -0.1) is 0 Å². The van der Waals surface area contributed by atoms with Gasteiger partial charge in [0.1, 0.15) is 18.1 Å². The van der Waals surface area contributed by atoms with Gasteiger partial charge in [0.15, 0.2) is 0 Å². The number of benzene rings is 2. The predicted molar refractivity (Wildman–Crippen MR) is 116 cm³/mol. The van der Waals surface area contributed by atoms with Crippen LogP contribution in [0.5, 0.6) is 5.75 Å². The van der Waals surface area contributed by atoms with E-state index in [0.29, 0.717) is 27.4 Å². The lowest BCUT2D eigenvalue weighted by molar-refractivity contribution is 0.0995. The topological polar surface area (TPSA) is 103 Å². The number of hydrogen-bond donors (Lipinski definition) is 2. The van der Waals surface area contributed by atoms with Crippen LogP contribution in [0, 0.1) is 0 Å². The van der Waals surface area contributed by atoms with Gasteiger partial charge in [-0.3, -0.25) is 9.78 Å². The zero-order chi connectivity index (χ0) is 21.1. The molecule has 0 unspecified atom stereocenters. The molecule has 30 heavy (non-hydrogen) atoms. The van der Waals surface area contributed by atoms with Crippen LogP contribution in [-0.4, -0.2) is 20.9 Å². The Morgan fingerprint density at radius 1 is 1.03 bits per heavy atom. The monoisotopic (exact) mass is 439 g/mol. The summed E-state index contributed by atoms with van der Waals surface area (Å²) >= 11 is 12.0. The average molecular weight is 440 g/mol. The number of aromatic nitrogens is 3. The largest absolute Gasteiger partial charge is 0.489 e. The molecule has 0 radical (unpaired) electrons. The van der Waals surface area contributed by atoms with Crippen LogP contribution in [0.25, 0.3) is 10.9 Å². The molecule has 2 aromatic heterocycles. The molecule has 0 atom stereocenters. The molecular formula is C21H15Cl2N5O2. The minimum Gasteiger partial charge on any atom is -0.489 e. The minimum atomic E-state index is -0.579. The summed E-state index contributed by atoms with van der Waals surface area (Å²) in [5.74, 6) is 0.486. The quantitative estimate of drug-likeness (QED) is 0.449. The van der Waals surface area contributed by atoms with Crippen molar-refractivity contribution in [1.82, 2.24) is 15.0 Å². The van der Waals surface area contributed by atoms with Crippen LogP contribution in [0.2, 0.25) is 10.0 Å². The normalized spacial score (nSPS) is 10.7. The zero-order valence-corrected chi connectivity index (χ0v) is 17.0. The van der Waals surface area contributed by atoms with E-state index < -0.39 is 5.91 Å². The summed E-state index contributed by atoms with van der Waals surface area (Å²) in [6, 6.07) is 14.0. The summed E-state index contributed by atoms with van der Waals surface area (Å²) in [6.45, 7) is 0.268. The summed E-state index contributed by atoms with van der Waals surface area (Å²) < 4.78 is 5.81.